The van der Waals surface area contributed by atoms with E-state index >= 15 is 0 Å². The molecule has 5 heterocycles. The van der Waals surface area contributed by atoms with Gasteiger partial charge in [-0.3, -0.25) is 9.78 Å². The number of methoxy groups -OCH3 is 2. The zero-order valence-electron chi connectivity index (χ0n) is 30.2. The average Bonchev–Trinajstić information content (AvgIpc) is 3.79. The second-order valence-electron chi connectivity index (χ2n) is 13.9. The first kappa shape index (κ1) is 37.9. The van der Waals surface area contributed by atoms with Gasteiger partial charge in [-0.1, -0.05) is 29.8 Å². The number of halogens is 4. The quantitative estimate of drug-likeness (QED) is 0.176. The zero-order chi connectivity index (χ0) is 37.9. The first-order valence-electron chi connectivity index (χ1n) is 18.2. The lowest BCUT2D eigenvalue weighted by Gasteiger charge is -2.41. The Morgan fingerprint density at radius 2 is 1.81 bits per heavy atom. The molecule has 0 saturated carbocycles. The Hall–Kier alpha value is -4.37. The van der Waals surface area contributed by atoms with E-state index in [9.17, 15) is 18.0 Å². The van der Waals surface area contributed by atoms with E-state index in [-0.39, 0.29) is 30.4 Å². The van der Waals surface area contributed by atoms with Crippen LogP contribution in [0.5, 0.6) is 11.8 Å². The van der Waals surface area contributed by atoms with Crippen LogP contribution < -0.4 is 30.7 Å². The van der Waals surface area contributed by atoms with Gasteiger partial charge < -0.3 is 40.2 Å². The van der Waals surface area contributed by atoms with E-state index in [1.807, 2.05) is 36.4 Å². The number of benzene rings is 1. The third-order valence-electron chi connectivity index (χ3n) is 10.6. The fourth-order valence-corrected chi connectivity index (χ4v) is 8.21. The molecule has 0 bridgehead atoms. The molecule has 3 aromatic rings. The highest BCUT2D eigenvalue weighted by atomic mass is 35.5. The van der Waals surface area contributed by atoms with Crippen molar-refractivity contribution in [2.75, 3.05) is 40.5 Å². The number of rotatable bonds is 13. The minimum Gasteiger partial charge on any atom is -0.482 e. The maximum atomic E-state index is 14.6. The van der Waals surface area contributed by atoms with Crippen LogP contribution in [0, 0.1) is 0 Å². The summed E-state index contributed by atoms with van der Waals surface area (Å²) in [6, 6.07) is 10.7. The number of alkyl halides is 3. The van der Waals surface area contributed by atoms with E-state index in [1.54, 1.807) is 19.5 Å². The van der Waals surface area contributed by atoms with Crippen LogP contribution >= 0.6 is 11.6 Å². The molecule has 3 aliphatic heterocycles. The van der Waals surface area contributed by atoms with E-state index in [0.29, 0.717) is 62.0 Å². The van der Waals surface area contributed by atoms with Crippen LogP contribution in [0.1, 0.15) is 71.6 Å². The highest BCUT2D eigenvalue weighted by molar-refractivity contribution is 6.31. The number of pyridine rings is 2. The van der Waals surface area contributed by atoms with Crippen LogP contribution in [-0.4, -0.2) is 68.5 Å². The molecule has 1 amide bonds. The van der Waals surface area contributed by atoms with Crippen molar-refractivity contribution in [3.8, 4) is 11.8 Å². The van der Waals surface area contributed by atoms with Crippen LogP contribution in [0.4, 0.5) is 13.2 Å². The Morgan fingerprint density at radius 3 is 2.52 bits per heavy atom. The van der Waals surface area contributed by atoms with Gasteiger partial charge in [-0.05, 0) is 78.6 Å². The van der Waals surface area contributed by atoms with Crippen molar-refractivity contribution >= 4 is 17.5 Å². The fourth-order valence-electron chi connectivity index (χ4n) is 7.82. The van der Waals surface area contributed by atoms with Crippen LogP contribution in [-0.2, 0) is 38.9 Å². The van der Waals surface area contributed by atoms with Gasteiger partial charge in [0.2, 0.25) is 17.7 Å². The Bertz CT molecular complexity index is 1910. The van der Waals surface area contributed by atoms with Crippen molar-refractivity contribution < 1.29 is 36.9 Å². The summed E-state index contributed by atoms with van der Waals surface area (Å²) in [7, 11) is 2.97. The van der Waals surface area contributed by atoms with E-state index < -0.39 is 29.3 Å². The molecular weight excluding hydrogens is 725 g/mol. The molecule has 4 aliphatic rings. The molecule has 1 aliphatic carbocycles. The van der Waals surface area contributed by atoms with Crippen LogP contribution in [0.25, 0.3) is 0 Å². The lowest BCUT2D eigenvalue weighted by atomic mass is 9.77. The number of carbonyl (C=O) groups excluding carboxylic acids is 1. The smallest absolute Gasteiger partial charge is 0.421 e. The minimum absolute atomic E-state index is 0.0508. The van der Waals surface area contributed by atoms with E-state index in [2.05, 4.69) is 31.2 Å². The maximum absolute atomic E-state index is 14.6. The number of amides is 1. The van der Waals surface area contributed by atoms with Gasteiger partial charge in [0.1, 0.15) is 17.2 Å². The molecule has 3 atom stereocenters. The Kier molecular flexibility index (Phi) is 11.3. The largest absolute Gasteiger partial charge is 0.482 e. The second-order valence-corrected chi connectivity index (χ2v) is 14.3. The summed E-state index contributed by atoms with van der Waals surface area (Å²) in [5.74, 6) is 0.0884. The first-order valence-corrected chi connectivity index (χ1v) is 18.6. The van der Waals surface area contributed by atoms with E-state index in [4.69, 9.17) is 30.5 Å². The molecule has 54 heavy (non-hydrogen) atoms. The zero-order valence-corrected chi connectivity index (χ0v) is 30.9. The van der Waals surface area contributed by atoms with Crippen molar-refractivity contribution in [3.63, 3.8) is 0 Å². The van der Waals surface area contributed by atoms with Gasteiger partial charge >= 0.3 is 6.18 Å². The van der Waals surface area contributed by atoms with Gasteiger partial charge in [0.05, 0.1) is 19.3 Å². The SMILES string of the molecule is COC1=C(CNC[C@@H]2CCC(=O)N2)C=C(Cl)C(c2ccncc2)(c2cccc3c2CC[C@H]3Oc2nc(OC)c(CNC3CCOCC3)cc2C(F)(F)F)N1. The number of ether oxygens (including phenoxy) is 4. The Balaban J connectivity index is 1.19. The van der Waals surface area contributed by atoms with E-state index in [0.717, 1.165) is 53.2 Å². The van der Waals surface area contributed by atoms with Crippen molar-refractivity contribution in [2.45, 2.75) is 75.0 Å². The number of hydrogen-bond acceptors (Lipinski definition) is 10. The summed E-state index contributed by atoms with van der Waals surface area (Å²) < 4.78 is 66.9. The molecule has 1 aromatic carbocycles. The normalized spacial score (nSPS) is 23.1. The van der Waals surface area contributed by atoms with Crippen LogP contribution in [0.2, 0.25) is 0 Å². The molecular formula is C39H44ClF3N6O5. The van der Waals surface area contributed by atoms with Gasteiger partial charge in [0, 0.05) is 74.9 Å². The first-order chi connectivity index (χ1) is 26.1. The van der Waals surface area contributed by atoms with Gasteiger partial charge in [0.15, 0.2) is 5.88 Å². The third kappa shape index (κ3) is 7.75. The maximum Gasteiger partial charge on any atom is 0.421 e. The van der Waals surface area contributed by atoms with Gasteiger partial charge in [-0.2, -0.15) is 18.2 Å². The summed E-state index contributed by atoms with van der Waals surface area (Å²) in [4.78, 5) is 20.2. The molecule has 1 unspecified atom stereocenters. The van der Waals surface area contributed by atoms with Crippen molar-refractivity contribution in [3.05, 3.63) is 105 Å². The molecule has 15 heteroatoms. The Morgan fingerprint density at radius 1 is 1.02 bits per heavy atom. The average molecular weight is 769 g/mol. The summed E-state index contributed by atoms with van der Waals surface area (Å²) in [5, 5.41) is 13.8. The predicted octanol–water partition coefficient (Wildman–Crippen LogP) is 5.53. The van der Waals surface area contributed by atoms with Crippen LogP contribution in [0.15, 0.2) is 71.4 Å². The van der Waals surface area contributed by atoms with Gasteiger partial charge in [-0.15, -0.1) is 0 Å². The molecule has 7 rings (SSSR count). The Labute approximate surface area is 317 Å². The summed E-state index contributed by atoms with van der Waals surface area (Å²) in [6.45, 7) is 2.38. The lowest BCUT2D eigenvalue weighted by Crippen LogP contribution is -2.47. The molecule has 288 valence electrons. The van der Waals surface area contributed by atoms with Crippen molar-refractivity contribution in [2.24, 2.45) is 0 Å². The van der Waals surface area contributed by atoms with Crippen molar-refractivity contribution in [1.29, 1.82) is 0 Å². The highest BCUT2D eigenvalue weighted by Crippen LogP contribution is 2.49. The predicted molar refractivity (Wildman–Crippen MR) is 195 cm³/mol. The minimum atomic E-state index is -4.72. The van der Waals surface area contributed by atoms with Crippen molar-refractivity contribution in [1.82, 2.24) is 31.2 Å². The van der Waals surface area contributed by atoms with E-state index in [1.165, 1.54) is 7.11 Å². The highest BCUT2D eigenvalue weighted by Gasteiger charge is 2.45. The monoisotopic (exact) mass is 768 g/mol. The number of nitrogens with zero attached hydrogens (tertiary/aromatic N) is 2. The van der Waals surface area contributed by atoms with Crippen LogP contribution in [0.3, 0.4) is 0 Å². The topological polar surface area (TPSA) is 128 Å². The molecule has 2 saturated heterocycles. The molecule has 4 N–H and O–H groups in total. The molecule has 0 spiro atoms. The number of fused-ring (bicyclic) bond motifs is 1. The summed E-state index contributed by atoms with van der Waals surface area (Å²) in [5.41, 5.74) is 2.24. The van der Waals surface area contributed by atoms with Gasteiger partial charge in [0.25, 0.3) is 0 Å². The molecule has 2 fully saturated rings. The number of hydrogen-bond donors (Lipinski definition) is 4. The third-order valence-corrected chi connectivity index (χ3v) is 11.0. The van der Waals surface area contributed by atoms with Gasteiger partial charge in [-0.25, -0.2) is 0 Å². The lowest BCUT2D eigenvalue weighted by molar-refractivity contribution is -0.139. The number of nitrogens with one attached hydrogen (secondary N) is 4. The summed E-state index contributed by atoms with van der Waals surface area (Å²) >= 11 is 7.33. The number of aromatic nitrogens is 2. The molecule has 2 aromatic heterocycles. The summed E-state index contributed by atoms with van der Waals surface area (Å²) in [6.07, 6.45) is 3.55. The standard InChI is InChI=1S/C39H44ClF3N6O5/c1-51-35-23(21-46-26-12-16-53-17-13-26)18-31(39(41,42)43)37(48-35)54-32-8-7-28-29(32)4-3-5-30(28)38(25-10-14-44-15-11-25)33(40)19-24(36(49-38)52-2)20-45-22-27-6-9-34(50)47-27/h3-5,10-11,14-15,18-19,26-27,32,45-46,49H,6-9,12-13,16-17,20-22H2,1-2H3,(H,47,50)/t27-,32+,38?/m0/s1. The number of dihydropyridines is 1. The molecule has 0 radical (unpaired) electrons. The molecule has 11 nitrogen and oxygen atoms in total. The fraction of sp³-hybridized carbons (Fsp3) is 0.462. The number of carbonyl (C=O) groups is 1. The second kappa shape index (κ2) is 16.2.